The second-order valence-corrected chi connectivity index (χ2v) is 10.0. The molecule has 1 aromatic carbocycles. The van der Waals surface area contributed by atoms with E-state index in [9.17, 15) is 5.26 Å². The molecule has 0 atom stereocenters. The van der Waals surface area contributed by atoms with Crippen LogP contribution in [0.5, 0.6) is 0 Å². The van der Waals surface area contributed by atoms with Gasteiger partial charge in [0.05, 0.1) is 17.3 Å². The standard InChI is InChI=1S/C29H28N8/c1-32-12-24(10-30)23-9-26(28-25(11-31)14-34-37(28)16-23)22-7-8-27(33-13-22)36-19-29(20-36)17-35(18-29)15-21-5-3-2-4-6-21/h2-10,12-14,16,30,32H,15,17-20H2,1H3/b24-12+,30-10?. The molecule has 8 heteroatoms. The van der Waals surface area contributed by atoms with Crippen LogP contribution in [-0.4, -0.2) is 58.9 Å². The van der Waals surface area contributed by atoms with Gasteiger partial charge < -0.3 is 15.6 Å². The molecule has 0 radical (unpaired) electrons. The number of pyridine rings is 2. The van der Waals surface area contributed by atoms with Crippen molar-refractivity contribution in [3.8, 4) is 17.2 Å². The number of hydrogen-bond donors (Lipinski definition) is 2. The monoisotopic (exact) mass is 488 g/mol. The average molecular weight is 489 g/mol. The molecule has 1 spiro atoms. The number of hydrogen-bond acceptors (Lipinski definition) is 7. The van der Waals surface area contributed by atoms with E-state index >= 15 is 0 Å². The predicted octanol–water partition coefficient (Wildman–Crippen LogP) is 3.80. The number of anilines is 1. The van der Waals surface area contributed by atoms with Crippen molar-refractivity contribution in [2.45, 2.75) is 6.54 Å². The van der Waals surface area contributed by atoms with Crippen LogP contribution in [0.1, 0.15) is 16.7 Å². The first-order chi connectivity index (χ1) is 18.1. The third-order valence-electron chi connectivity index (χ3n) is 7.32. The molecule has 5 heterocycles. The highest BCUT2D eigenvalue weighted by molar-refractivity contribution is 6.08. The third-order valence-corrected chi connectivity index (χ3v) is 7.32. The SMILES string of the molecule is CN/C=C(\C=N)c1cc(-c2ccc(N3CC4(CN(Cc5ccccc5)C4)C3)nc2)c2c(C#N)cnn2c1. The molecule has 0 amide bonds. The van der Waals surface area contributed by atoms with Crippen LogP contribution in [0.25, 0.3) is 22.2 Å². The topological polar surface area (TPSA) is 96.3 Å². The van der Waals surface area contributed by atoms with E-state index in [1.54, 1.807) is 24.0 Å². The summed E-state index contributed by atoms with van der Waals surface area (Å²) in [5.74, 6) is 0.979. The highest BCUT2D eigenvalue weighted by atomic mass is 15.3. The molecule has 0 bridgehead atoms. The maximum atomic E-state index is 9.65. The number of allylic oxidation sites excluding steroid dienone is 1. The van der Waals surface area contributed by atoms with Crippen molar-refractivity contribution in [2.24, 2.45) is 5.41 Å². The minimum atomic E-state index is 0.387. The number of rotatable bonds is 7. The molecule has 2 N–H and O–H groups in total. The summed E-state index contributed by atoms with van der Waals surface area (Å²) in [5.41, 5.74) is 6.34. The lowest BCUT2D eigenvalue weighted by molar-refractivity contribution is -0.0276. The molecule has 2 saturated heterocycles. The maximum absolute atomic E-state index is 9.65. The molecule has 2 fully saturated rings. The molecule has 4 aromatic rings. The van der Waals surface area contributed by atoms with Crippen LogP contribution in [0.2, 0.25) is 0 Å². The van der Waals surface area contributed by atoms with Crippen LogP contribution in [0.4, 0.5) is 5.82 Å². The van der Waals surface area contributed by atoms with Crippen molar-refractivity contribution < 1.29 is 0 Å². The summed E-state index contributed by atoms with van der Waals surface area (Å²) >= 11 is 0. The molecular weight excluding hydrogens is 460 g/mol. The summed E-state index contributed by atoms with van der Waals surface area (Å²) in [7, 11) is 1.80. The minimum Gasteiger partial charge on any atom is -0.393 e. The van der Waals surface area contributed by atoms with Crippen LogP contribution in [0.15, 0.2) is 73.3 Å². The lowest BCUT2D eigenvalue weighted by atomic mass is 9.72. The first-order valence-corrected chi connectivity index (χ1v) is 12.4. The van der Waals surface area contributed by atoms with Gasteiger partial charge in [0.15, 0.2) is 0 Å². The summed E-state index contributed by atoms with van der Waals surface area (Å²) in [4.78, 5) is 9.66. The fraction of sp³-hybridized carbons (Fsp3) is 0.241. The van der Waals surface area contributed by atoms with Gasteiger partial charge in [-0.2, -0.15) is 10.4 Å². The summed E-state index contributed by atoms with van der Waals surface area (Å²) < 4.78 is 1.71. The number of nitrogens with one attached hydrogen (secondary N) is 2. The van der Waals surface area contributed by atoms with E-state index < -0.39 is 0 Å². The van der Waals surface area contributed by atoms with E-state index in [-0.39, 0.29) is 0 Å². The smallest absolute Gasteiger partial charge is 0.128 e. The zero-order chi connectivity index (χ0) is 25.4. The Balaban J connectivity index is 1.20. The molecule has 37 heavy (non-hydrogen) atoms. The summed E-state index contributed by atoms with van der Waals surface area (Å²) in [6, 6.07) is 19.0. The molecule has 2 aliphatic rings. The summed E-state index contributed by atoms with van der Waals surface area (Å²) in [6.45, 7) is 5.35. The van der Waals surface area contributed by atoms with E-state index in [2.05, 4.69) is 68.7 Å². The second kappa shape index (κ2) is 9.19. The van der Waals surface area contributed by atoms with Crippen LogP contribution in [-0.2, 0) is 6.54 Å². The van der Waals surface area contributed by atoms with Gasteiger partial charge in [0.2, 0.25) is 0 Å². The zero-order valence-corrected chi connectivity index (χ0v) is 20.7. The Kier molecular flexibility index (Phi) is 5.70. The number of nitriles is 1. The predicted molar refractivity (Wildman–Crippen MR) is 145 cm³/mol. The van der Waals surface area contributed by atoms with Crippen molar-refractivity contribution in [3.05, 3.63) is 90.0 Å². The van der Waals surface area contributed by atoms with Gasteiger partial charge in [0.25, 0.3) is 0 Å². The molecule has 6 rings (SSSR count). The van der Waals surface area contributed by atoms with Crippen LogP contribution < -0.4 is 10.2 Å². The van der Waals surface area contributed by atoms with E-state index in [4.69, 9.17) is 10.4 Å². The second-order valence-electron chi connectivity index (χ2n) is 10.0. The lowest BCUT2D eigenvalue weighted by Crippen LogP contribution is -2.72. The maximum Gasteiger partial charge on any atom is 0.128 e. The van der Waals surface area contributed by atoms with Crippen LogP contribution in [0, 0.1) is 22.2 Å². The quantitative estimate of drug-likeness (QED) is 0.384. The van der Waals surface area contributed by atoms with Gasteiger partial charge in [-0.1, -0.05) is 30.3 Å². The van der Waals surface area contributed by atoms with Gasteiger partial charge in [-0.3, -0.25) is 4.90 Å². The first kappa shape index (κ1) is 23.0. The molecule has 2 aliphatic heterocycles. The highest BCUT2D eigenvalue weighted by Gasteiger charge is 2.51. The van der Waals surface area contributed by atoms with E-state index in [1.165, 1.54) is 11.8 Å². The van der Waals surface area contributed by atoms with Crippen molar-refractivity contribution in [2.75, 3.05) is 38.1 Å². The lowest BCUT2D eigenvalue weighted by Gasteiger charge is -2.60. The first-order valence-electron chi connectivity index (χ1n) is 12.4. The number of nitrogens with zero attached hydrogens (tertiary/aromatic N) is 6. The fourth-order valence-electron chi connectivity index (χ4n) is 5.66. The summed E-state index contributed by atoms with van der Waals surface area (Å²) in [5, 5.41) is 24.8. The van der Waals surface area contributed by atoms with Gasteiger partial charge >= 0.3 is 0 Å². The largest absolute Gasteiger partial charge is 0.393 e. The molecule has 0 aliphatic carbocycles. The minimum absolute atomic E-state index is 0.387. The highest BCUT2D eigenvalue weighted by Crippen LogP contribution is 2.42. The van der Waals surface area contributed by atoms with E-state index in [0.29, 0.717) is 11.0 Å². The van der Waals surface area contributed by atoms with Crippen molar-refractivity contribution in [3.63, 3.8) is 0 Å². The van der Waals surface area contributed by atoms with E-state index in [1.807, 2.05) is 18.5 Å². The van der Waals surface area contributed by atoms with Crippen LogP contribution in [0.3, 0.4) is 0 Å². The molecule has 184 valence electrons. The average Bonchev–Trinajstić information content (AvgIpc) is 3.31. The van der Waals surface area contributed by atoms with Gasteiger partial charge in [-0.25, -0.2) is 9.50 Å². The molecule has 3 aromatic heterocycles. The molecule has 8 nitrogen and oxygen atoms in total. The van der Waals surface area contributed by atoms with Crippen molar-refractivity contribution in [1.29, 1.82) is 10.7 Å². The van der Waals surface area contributed by atoms with Gasteiger partial charge in [-0.15, -0.1) is 0 Å². The van der Waals surface area contributed by atoms with Gasteiger partial charge in [0.1, 0.15) is 11.9 Å². The summed E-state index contributed by atoms with van der Waals surface area (Å²) in [6.07, 6.45) is 8.38. The Morgan fingerprint density at radius 1 is 1.14 bits per heavy atom. The van der Waals surface area contributed by atoms with Crippen LogP contribution >= 0.6 is 0 Å². The number of benzene rings is 1. The van der Waals surface area contributed by atoms with Crippen molar-refractivity contribution in [1.82, 2.24) is 24.8 Å². The Morgan fingerprint density at radius 2 is 1.95 bits per heavy atom. The number of likely N-dealkylation sites (tertiary alicyclic amines) is 1. The Labute approximate surface area is 216 Å². The molecule has 0 unspecified atom stereocenters. The van der Waals surface area contributed by atoms with Gasteiger partial charge in [-0.05, 0) is 23.8 Å². The zero-order valence-electron chi connectivity index (χ0n) is 20.7. The fourth-order valence-corrected chi connectivity index (χ4v) is 5.66. The Hall–Kier alpha value is -4.48. The van der Waals surface area contributed by atoms with E-state index in [0.717, 1.165) is 66.3 Å². The Morgan fingerprint density at radius 3 is 2.62 bits per heavy atom. The number of fused-ring (bicyclic) bond motifs is 1. The van der Waals surface area contributed by atoms with Crippen molar-refractivity contribution >= 4 is 23.1 Å². The molecular formula is C29H28N8. The Bertz CT molecular complexity index is 1510. The normalized spacial score (nSPS) is 16.8. The number of aromatic nitrogens is 3. The molecule has 0 saturated carbocycles. The van der Waals surface area contributed by atoms with Gasteiger partial charge in [0, 0.05) is 92.3 Å². The third kappa shape index (κ3) is 4.13.